The zero-order chi connectivity index (χ0) is 21.9. The van der Waals surface area contributed by atoms with Crippen molar-refractivity contribution < 1.29 is 19.8 Å². The topological polar surface area (TPSA) is 185 Å². The van der Waals surface area contributed by atoms with E-state index in [9.17, 15) is 29.7 Å². The van der Waals surface area contributed by atoms with Crippen molar-refractivity contribution in [3.8, 4) is 6.07 Å². The molecule has 3 N–H and O–H groups in total. The second-order valence-electron chi connectivity index (χ2n) is 6.90. The van der Waals surface area contributed by atoms with Gasteiger partial charge in [0.05, 0.1) is 11.1 Å². The molecule has 0 unspecified atom stereocenters. The van der Waals surface area contributed by atoms with Crippen LogP contribution in [-0.2, 0) is 5.41 Å². The van der Waals surface area contributed by atoms with Gasteiger partial charge < -0.3 is 15.2 Å². The smallest absolute Gasteiger partial charge is 0.337 e. The number of nitroso groups, excluding NO2 is 1. The first kappa shape index (κ1) is 21.1. The molecule has 0 radical (unpaired) electrons. The van der Waals surface area contributed by atoms with Crippen molar-refractivity contribution in [1.82, 2.24) is 4.98 Å². The summed E-state index contributed by atoms with van der Waals surface area (Å²) < 4.78 is 0. The highest BCUT2D eigenvalue weighted by atomic mass is 16.4. The molecule has 0 aliphatic rings. The molecular weight excluding hydrogens is 382 g/mol. The second kappa shape index (κ2) is 7.81. The number of nitrogens with zero attached hydrogens (tertiary/aromatic N) is 4. The van der Waals surface area contributed by atoms with E-state index in [2.05, 4.69) is 20.4 Å². The minimum absolute atomic E-state index is 0.0911. The van der Waals surface area contributed by atoms with Gasteiger partial charge in [0.1, 0.15) is 23.0 Å². The monoisotopic (exact) mass is 397 g/mol. The van der Waals surface area contributed by atoms with Crippen molar-refractivity contribution >= 4 is 29.1 Å². The Labute approximate surface area is 163 Å². The Bertz CT molecular complexity index is 1150. The standard InChI is InChI=1S/C18H15N5O6/c1-18(2,3)12-10(7-19)15(24)20-14(23-29)13(12)22-21-11-6-8(16(25)26)4-5-9(11)17(27)28/h4-6H,1-3H3,(H,20,24)(H,25,26)(H,27,28). The Balaban J connectivity index is 2.83. The molecule has 0 spiro atoms. The zero-order valence-corrected chi connectivity index (χ0v) is 15.5. The highest BCUT2D eigenvalue weighted by molar-refractivity contribution is 5.96. The van der Waals surface area contributed by atoms with Gasteiger partial charge in [-0.05, 0) is 28.8 Å². The van der Waals surface area contributed by atoms with Crippen molar-refractivity contribution in [2.75, 3.05) is 0 Å². The Morgan fingerprint density at radius 3 is 2.28 bits per heavy atom. The van der Waals surface area contributed by atoms with Crippen molar-refractivity contribution in [3.05, 3.63) is 55.7 Å². The van der Waals surface area contributed by atoms with E-state index in [0.717, 1.165) is 18.2 Å². The number of carboxylic acid groups (broad SMARTS) is 2. The molecular formula is C18H15N5O6. The van der Waals surface area contributed by atoms with Gasteiger partial charge in [0, 0.05) is 5.56 Å². The van der Waals surface area contributed by atoms with E-state index < -0.39 is 28.7 Å². The van der Waals surface area contributed by atoms with Crippen molar-refractivity contribution in [1.29, 1.82) is 5.26 Å². The van der Waals surface area contributed by atoms with Crippen LogP contribution in [0.25, 0.3) is 0 Å². The molecule has 0 amide bonds. The molecule has 29 heavy (non-hydrogen) atoms. The van der Waals surface area contributed by atoms with Crippen molar-refractivity contribution in [3.63, 3.8) is 0 Å². The summed E-state index contributed by atoms with van der Waals surface area (Å²) >= 11 is 0. The first-order valence-electron chi connectivity index (χ1n) is 8.07. The minimum atomic E-state index is -1.38. The summed E-state index contributed by atoms with van der Waals surface area (Å²) in [4.78, 5) is 48.0. The molecule has 1 heterocycles. The molecule has 0 aliphatic carbocycles. The Hall–Kier alpha value is -4.20. The van der Waals surface area contributed by atoms with Gasteiger partial charge in [-0.3, -0.25) is 4.79 Å². The highest BCUT2D eigenvalue weighted by Gasteiger charge is 2.28. The normalized spacial score (nSPS) is 11.2. The van der Waals surface area contributed by atoms with Gasteiger partial charge in [0.25, 0.3) is 5.56 Å². The zero-order valence-electron chi connectivity index (χ0n) is 15.5. The number of H-pyrrole nitrogens is 1. The molecule has 2 aromatic rings. The predicted molar refractivity (Wildman–Crippen MR) is 100 cm³/mol. The van der Waals surface area contributed by atoms with E-state index >= 15 is 0 Å². The van der Waals surface area contributed by atoms with Crippen LogP contribution in [0.4, 0.5) is 17.2 Å². The third kappa shape index (κ3) is 4.22. The lowest BCUT2D eigenvalue weighted by molar-refractivity contribution is 0.0682. The molecule has 2 rings (SSSR count). The summed E-state index contributed by atoms with van der Waals surface area (Å²) in [5.74, 6) is -3.17. The maximum absolute atomic E-state index is 12.1. The summed E-state index contributed by atoms with van der Waals surface area (Å²) in [6.07, 6.45) is 0. The van der Waals surface area contributed by atoms with Crippen LogP contribution in [0.5, 0.6) is 0 Å². The number of azo groups is 1. The highest BCUT2D eigenvalue weighted by Crippen LogP contribution is 2.39. The van der Waals surface area contributed by atoms with Gasteiger partial charge in [0.15, 0.2) is 0 Å². The summed E-state index contributed by atoms with van der Waals surface area (Å²) in [6.45, 7) is 5.01. The summed E-state index contributed by atoms with van der Waals surface area (Å²) in [5, 5.41) is 38.1. The summed E-state index contributed by atoms with van der Waals surface area (Å²) in [5.41, 5.74) is -2.94. The van der Waals surface area contributed by atoms with Crippen molar-refractivity contribution in [2.24, 2.45) is 15.4 Å². The number of aromatic nitrogens is 1. The Morgan fingerprint density at radius 1 is 1.14 bits per heavy atom. The Kier molecular flexibility index (Phi) is 5.68. The molecule has 0 bridgehead atoms. The minimum Gasteiger partial charge on any atom is -0.478 e. The van der Waals surface area contributed by atoms with Crippen LogP contribution in [0.2, 0.25) is 0 Å². The number of hydrogen-bond acceptors (Lipinski definition) is 8. The number of hydrogen-bond donors (Lipinski definition) is 3. The van der Waals surface area contributed by atoms with Crippen LogP contribution >= 0.6 is 0 Å². The molecule has 1 aromatic heterocycles. The fraction of sp³-hybridized carbons (Fsp3) is 0.222. The van der Waals surface area contributed by atoms with Crippen LogP contribution in [0.1, 0.15) is 52.6 Å². The largest absolute Gasteiger partial charge is 0.478 e. The van der Waals surface area contributed by atoms with Crippen LogP contribution in [0.15, 0.2) is 38.4 Å². The number of nitrogens with one attached hydrogen (secondary N) is 1. The molecule has 11 nitrogen and oxygen atoms in total. The first-order valence-corrected chi connectivity index (χ1v) is 8.07. The van der Waals surface area contributed by atoms with E-state index in [1.165, 1.54) is 0 Å². The molecule has 0 saturated heterocycles. The molecule has 148 valence electrons. The van der Waals surface area contributed by atoms with Crippen LogP contribution in [0.3, 0.4) is 0 Å². The molecule has 11 heteroatoms. The van der Waals surface area contributed by atoms with Gasteiger partial charge in [-0.15, -0.1) is 15.1 Å². The quantitative estimate of drug-likeness (QED) is 0.506. The fourth-order valence-corrected chi connectivity index (χ4v) is 2.61. The van der Waals surface area contributed by atoms with Crippen LogP contribution in [0, 0.1) is 16.2 Å². The number of carboxylic acids is 2. The van der Waals surface area contributed by atoms with Gasteiger partial charge >= 0.3 is 11.9 Å². The number of nitriles is 1. The van der Waals surface area contributed by atoms with E-state index in [0.29, 0.717) is 0 Å². The maximum Gasteiger partial charge on any atom is 0.337 e. The molecule has 1 aromatic carbocycles. The van der Waals surface area contributed by atoms with E-state index in [-0.39, 0.29) is 33.6 Å². The average Bonchev–Trinajstić information content (AvgIpc) is 2.64. The average molecular weight is 397 g/mol. The Morgan fingerprint density at radius 2 is 1.79 bits per heavy atom. The predicted octanol–water partition coefficient (Wildman–Crippen LogP) is 3.75. The van der Waals surface area contributed by atoms with Crippen LogP contribution in [-0.4, -0.2) is 27.1 Å². The van der Waals surface area contributed by atoms with E-state index in [1.807, 2.05) is 0 Å². The fourth-order valence-electron chi connectivity index (χ4n) is 2.61. The maximum atomic E-state index is 12.1. The van der Waals surface area contributed by atoms with Crippen molar-refractivity contribution in [2.45, 2.75) is 26.2 Å². The molecule has 0 fully saturated rings. The number of aromatic carboxylic acids is 2. The van der Waals surface area contributed by atoms with Gasteiger partial charge in [-0.1, -0.05) is 20.8 Å². The lowest BCUT2D eigenvalue weighted by Crippen LogP contribution is -2.21. The number of carbonyl (C=O) groups is 2. The third-order valence-corrected chi connectivity index (χ3v) is 3.86. The lowest BCUT2D eigenvalue weighted by atomic mass is 9.83. The number of rotatable bonds is 5. The molecule has 0 aliphatic heterocycles. The van der Waals surface area contributed by atoms with E-state index in [4.69, 9.17) is 5.11 Å². The SMILES string of the molecule is CC(C)(C)c1c(N=Nc2cc(C(=O)O)ccc2C(=O)O)c(N=O)[nH]c(=O)c1C#N. The van der Waals surface area contributed by atoms with E-state index in [1.54, 1.807) is 26.8 Å². The summed E-state index contributed by atoms with van der Waals surface area (Å²) in [6, 6.07) is 4.90. The first-order chi connectivity index (χ1) is 13.5. The number of aromatic amines is 1. The third-order valence-electron chi connectivity index (χ3n) is 3.86. The van der Waals surface area contributed by atoms with Gasteiger partial charge in [-0.25, -0.2) is 9.59 Å². The second-order valence-corrected chi connectivity index (χ2v) is 6.90. The number of benzene rings is 1. The number of pyridine rings is 1. The van der Waals surface area contributed by atoms with Gasteiger partial charge in [-0.2, -0.15) is 5.26 Å². The van der Waals surface area contributed by atoms with Gasteiger partial charge in [0.2, 0.25) is 5.82 Å². The van der Waals surface area contributed by atoms with Crippen LogP contribution < -0.4 is 5.56 Å². The molecule has 0 saturated carbocycles. The lowest BCUT2D eigenvalue weighted by Gasteiger charge is -2.21. The molecule has 0 atom stereocenters. The summed E-state index contributed by atoms with van der Waals surface area (Å²) in [7, 11) is 0.